The van der Waals surface area contributed by atoms with Crippen LogP contribution in [-0.4, -0.2) is 43.9 Å². The molecule has 0 radical (unpaired) electrons. The summed E-state index contributed by atoms with van der Waals surface area (Å²) < 4.78 is 11.2. The molecule has 0 spiro atoms. The number of ketones is 1. The van der Waals surface area contributed by atoms with Gasteiger partial charge >= 0.3 is 0 Å². The number of anilines is 1. The lowest BCUT2D eigenvalue weighted by Crippen LogP contribution is -2.40. The molecule has 1 aliphatic heterocycles. The average Bonchev–Trinajstić information content (AvgIpc) is 2.84. The standard InChI is InChI=1S/C26H32N2O5/c1-3-5-13-27-25(30)10-7-14-28-22-16-20(11-12-24(22)33-18-26(28)31)23(29)17-32-21-9-6-8-19(4-2)15-21/h6,8-9,11-12,15-16H,3-5,7,10,13-14,17-18H2,1-2H3,(H,27,30). The molecule has 176 valence electrons. The van der Waals surface area contributed by atoms with Gasteiger partial charge in [0.25, 0.3) is 5.91 Å². The van der Waals surface area contributed by atoms with Gasteiger partial charge in [-0.15, -0.1) is 0 Å². The van der Waals surface area contributed by atoms with E-state index in [4.69, 9.17) is 9.47 Å². The molecule has 1 heterocycles. The Kier molecular flexibility index (Phi) is 8.87. The Balaban J connectivity index is 1.62. The van der Waals surface area contributed by atoms with Crippen LogP contribution in [0.25, 0.3) is 0 Å². The van der Waals surface area contributed by atoms with E-state index in [9.17, 15) is 14.4 Å². The largest absolute Gasteiger partial charge is 0.485 e. The van der Waals surface area contributed by atoms with Gasteiger partial charge < -0.3 is 19.7 Å². The van der Waals surface area contributed by atoms with Crippen molar-refractivity contribution in [2.24, 2.45) is 0 Å². The maximum atomic E-state index is 12.8. The minimum absolute atomic E-state index is 0.0161. The highest BCUT2D eigenvalue weighted by Crippen LogP contribution is 2.33. The molecular formula is C26H32N2O5. The number of carbonyl (C=O) groups excluding carboxylic acids is 3. The van der Waals surface area contributed by atoms with Crippen LogP contribution in [0.2, 0.25) is 0 Å². The molecule has 1 N–H and O–H groups in total. The van der Waals surface area contributed by atoms with Gasteiger partial charge in [-0.1, -0.05) is 32.4 Å². The zero-order valence-electron chi connectivity index (χ0n) is 19.4. The Morgan fingerprint density at radius 2 is 1.97 bits per heavy atom. The quantitative estimate of drug-likeness (QED) is 0.390. The summed E-state index contributed by atoms with van der Waals surface area (Å²) in [7, 11) is 0. The van der Waals surface area contributed by atoms with E-state index in [2.05, 4.69) is 19.2 Å². The SMILES string of the molecule is CCCCNC(=O)CCCN1C(=O)COc2ccc(C(=O)COc3cccc(CC)c3)cc21. The number of rotatable bonds is 12. The summed E-state index contributed by atoms with van der Waals surface area (Å²) >= 11 is 0. The lowest BCUT2D eigenvalue weighted by Gasteiger charge is -2.29. The predicted octanol–water partition coefficient (Wildman–Crippen LogP) is 3.93. The van der Waals surface area contributed by atoms with Crippen LogP contribution in [0.1, 0.15) is 55.5 Å². The Hall–Kier alpha value is -3.35. The molecule has 0 bridgehead atoms. The summed E-state index contributed by atoms with van der Waals surface area (Å²) in [5.74, 6) is 0.810. The molecule has 2 amide bonds. The van der Waals surface area contributed by atoms with Crippen molar-refractivity contribution < 1.29 is 23.9 Å². The Morgan fingerprint density at radius 3 is 2.76 bits per heavy atom. The Morgan fingerprint density at radius 1 is 1.12 bits per heavy atom. The highest BCUT2D eigenvalue weighted by Gasteiger charge is 2.26. The van der Waals surface area contributed by atoms with Crippen LogP contribution < -0.4 is 19.7 Å². The van der Waals surface area contributed by atoms with Crippen molar-refractivity contribution in [1.29, 1.82) is 0 Å². The van der Waals surface area contributed by atoms with Crippen LogP contribution in [0, 0.1) is 0 Å². The fraction of sp³-hybridized carbons (Fsp3) is 0.423. The van der Waals surface area contributed by atoms with Crippen LogP contribution in [0.4, 0.5) is 5.69 Å². The van der Waals surface area contributed by atoms with E-state index in [1.807, 2.05) is 24.3 Å². The summed E-state index contributed by atoms with van der Waals surface area (Å²) in [5.41, 5.74) is 2.14. The molecule has 0 fully saturated rings. The van der Waals surface area contributed by atoms with Gasteiger partial charge in [-0.05, 0) is 55.2 Å². The number of fused-ring (bicyclic) bond motifs is 1. The van der Waals surface area contributed by atoms with Crippen LogP contribution in [0.5, 0.6) is 11.5 Å². The van der Waals surface area contributed by atoms with E-state index in [-0.39, 0.29) is 30.8 Å². The third kappa shape index (κ3) is 6.81. The number of hydrogen-bond donors (Lipinski definition) is 1. The predicted molar refractivity (Wildman–Crippen MR) is 127 cm³/mol. The molecule has 3 rings (SSSR count). The summed E-state index contributed by atoms with van der Waals surface area (Å²) in [5, 5.41) is 2.88. The fourth-order valence-corrected chi connectivity index (χ4v) is 3.60. The van der Waals surface area contributed by atoms with E-state index in [1.54, 1.807) is 23.1 Å². The van der Waals surface area contributed by atoms with Crippen molar-refractivity contribution in [2.45, 2.75) is 46.0 Å². The number of unbranched alkanes of at least 4 members (excludes halogenated alkanes) is 1. The van der Waals surface area contributed by atoms with Gasteiger partial charge in [0, 0.05) is 25.1 Å². The van der Waals surface area contributed by atoms with Crippen molar-refractivity contribution in [1.82, 2.24) is 5.32 Å². The molecule has 7 nitrogen and oxygen atoms in total. The maximum absolute atomic E-state index is 12.8. The highest BCUT2D eigenvalue weighted by atomic mass is 16.5. The monoisotopic (exact) mass is 452 g/mol. The summed E-state index contributed by atoms with van der Waals surface area (Å²) in [6.07, 6.45) is 3.73. The molecule has 2 aromatic rings. The van der Waals surface area contributed by atoms with Crippen molar-refractivity contribution in [2.75, 3.05) is 31.2 Å². The average molecular weight is 453 g/mol. The molecule has 0 saturated heterocycles. The minimum atomic E-state index is -0.189. The first-order valence-corrected chi connectivity index (χ1v) is 11.6. The first kappa shape index (κ1) is 24.3. The molecule has 0 atom stereocenters. The van der Waals surface area contributed by atoms with Gasteiger partial charge in [0.1, 0.15) is 11.5 Å². The number of hydrogen-bond acceptors (Lipinski definition) is 5. The van der Waals surface area contributed by atoms with E-state index in [0.717, 1.165) is 24.8 Å². The topological polar surface area (TPSA) is 84.9 Å². The molecule has 0 saturated carbocycles. The molecule has 7 heteroatoms. The Bertz CT molecular complexity index is 988. The van der Waals surface area contributed by atoms with Crippen molar-refractivity contribution in [3.05, 3.63) is 53.6 Å². The molecule has 0 aromatic heterocycles. The summed E-state index contributed by atoms with van der Waals surface area (Å²) in [6.45, 7) is 5.03. The van der Waals surface area contributed by atoms with Crippen molar-refractivity contribution >= 4 is 23.3 Å². The molecule has 33 heavy (non-hydrogen) atoms. The van der Waals surface area contributed by atoms with Crippen LogP contribution in [-0.2, 0) is 16.0 Å². The third-order valence-electron chi connectivity index (χ3n) is 5.54. The maximum Gasteiger partial charge on any atom is 0.265 e. The first-order chi connectivity index (χ1) is 16.0. The lowest BCUT2D eigenvalue weighted by atomic mass is 10.1. The number of nitrogens with zero attached hydrogens (tertiary/aromatic N) is 1. The van der Waals surface area contributed by atoms with Gasteiger partial charge in [0.05, 0.1) is 5.69 Å². The zero-order chi connectivity index (χ0) is 23.6. The van der Waals surface area contributed by atoms with Crippen LogP contribution in [0.3, 0.4) is 0 Å². The second kappa shape index (κ2) is 12.0. The number of aryl methyl sites for hydroxylation is 1. The van der Waals surface area contributed by atoms with Gasteiger partial charge in [-0.3, -0.25) is 14.4 Å². The Labute approximate surface area is 195 Å². The third-order valence-corrected chi connectivity index (χ3v) is 5.54. The van der Waals surface area contributed by atoms with E-state index in [1.165, 1.54) is 0 Å². The fourth-order valence-electron chi connectivity index (χ4n) is 3.60. The van der Waals surface area contributed by atoms with Gasteiger partial charge in [-0.2, -0.15) is 0 Å². The molecule has 0 unspecified atom stereocenters. The van der Waals surface area contributed by atoms with Crippen LogP contribution in [0.15, 0.2) is 42.5 Å². The number of ether oxygens (including phenoxy) is 2. The smallest absolute Gasteiger partial charge is 0.265 e. The summed E-state index contributed by atoms with van der Waals surface area (Å²) in [4.78, 5) is 38.8. The number of Topliss-reactive ketones (excluding diaryl/α,β-unsaturated/α-hetero) is 1. The minimum Gasteiger partial charge on any atom is -0.485 e. The first-order valence-electron chi connectivity index (χ1n) is 11.6. The molecule has 0 aliphatic carbocycles. The summed E-state index contributed by atoms with van der Waals surface area (Å²) in [6, 6.07) is 12.7. The highest BCUT2D eigenvalue weighted by molar-refractivity contribution is 6.02. The number of nitrogens with one attached hydrogen (secondary N) is 1. The molecule has 1 aliphatic rings. The lowest BCUT2D eigenvalue weighted by molar-refractivity contribution is -0.122. The number of amides is 2. The second-order valence-electron chi connectivity index (χ2n) is 8.04. The normalized spacial score (nSPS) is 12.7. The van der Waals surface area contributed by atoms with Gasteiger partial charge in [0.15, 0.2) is 19.0 Å². The van der Waals surface area contributed by atoms with E-state index >= 15 is 0 Å². The molecule has 2 aromatic carbocycles. The van der Waals surface area contributed by atoms with Gasteiger partial charge in [0.2, 0.25) is 5.91 Å². The molecular weight excluding hydrogens is 420 g/mol. The van der Waals surface area contributed by atoms with E-state index in [0.29, 0.717) is 48.7 Å². The second-order valence-corrected chi connectivity index (χ2v) is 8.04. The zero-order valence-corrected chi connectivity index (χ0v) is 19.4. The van der Waals surface area contributed by atoms with Crippen molar-refractivity contribution in [3.63, 3.8) is 0 Å². The van der Waals surface area contributed by atoms with Crippen LogP contribution >= 0.6 is 0 Å². The van der Waals surface area contributed by atoms with E-state index < -0.39 is 0 Å². The number of benzene rings is 2. The van der Waals surface area contributed by atoms with Crippen molar-refractivity contribution in [3.8, 4) is 11.5 Å². The van der Waals surface area contributed by atoms with Gasteiger partial charge in [-0.25, -0.2) is 0 Å². The number of carbonyl (C=O) groups is 3.